The van der Waals surface area contributed by atoms with Crippen LogP contribution in [0.25, 0.3) is 0 Å². The van der Waals surface area contributed by atoms with Crippen molar-refractivity contribution in [3.63, 3.8) is 0 Å². The lowest BCUT2D eigenvalue weighted by atomic mass is 10.2. The lowest BCUT2D eigenvalue weighted by Gasteiger charge is -2.33. The molecule has 0 N–H and O–H groups in total. The first-order valence-corrected chi connectivity index (χ1v) is 10.5. The van der Waals surface area contributed by atoms with E-state index in [1.54, 1.807) is 0 Å². The Morgan fingerprint density at radius 3 is 2.62 bits per heavy atom. The van der Waals surface area contributed by atoms with Crippen molar-refractivity contribution in [2.75, 3.05) is 19.3 Å². The van der Waals surface area contributed by atoms with Crippen molar-refractivity contribution in [2.45, 2.75) is 52.3 Å². The summed E-state index contributed by atoms with van der Waals surface area (Å²) in [5, 5.41) is 0. The van der Waals surface area contributed by atoms with Gasteiger partial charge in [-0.1, -0.05) is 0 Å². The average Bonchev–Trinajstić information content (AvgIpc) is 2.46. The largest absolute Gasteiger partial charge is 0.418 e. The molecule has 1 saturated heterocycles. The predicted octanol–water partition coefficient (Wildman–Crippen LogP) is 1.66. The van der Waals surface area contributed by atoms with E-state index in [0.717, 1.165) is 6.61 Å². The Morgan fingerprint density at radius 1 is 1.38 bits per heavy atom. The summed E-state index contributed by atoms with van der Waals surface area (Å²) in [7, 11) is -1.95. The number of rotatable bonds is 5. The van der Waals surface area contributed by atoms with Crippen molar-refractivity contribution in [2.24, 2.45) is 0 Å². The third-order valence-electron chi connectivity index (χ3n) is 3.09. The molecule has 96 valence electrons. The highest BCUT2D eigenvalue weighted by atomic mass is 28.4. The van der Waals surface area contributed by atoms with Gasteiger partial charge >= 0.3 is 0 Å². The summed E-state index contributed by atoms with van der Waals surface area (Å²) in [4.78, 5) is 0. The Hall–Kier alpha value is 0.314. The van der Waals surface area contributed by atoms with Crippen LogP contribution in [-0.4, -0.2) is 47.7 Å². The van der Waals surface area contributed by atoms with Crippen LogP contribution < -0.4 is 0 Å². The van der Waals surface area contributed by atoms with Crippen LogP contribution in [0.15, 0.2) is 0 Å². The third kappa shape index (κ3) is 4.29. The Balaban J connectivity index is 2.35. The molecule has 0 aromatic heterocycles. The molecule has 1 atom stereocenters. The zero-order valence-electron chi connectivity index (χ0n) is 11.5. The van der Waals surface area contributed by atoms with E-state index in [-0.39, 0.29) is 5.60 Å². The highest BCUT2D eigenvalue weighted by molar-refractivity contribution is 6.70. The summed E-state index contributed by atoms with van der Waals surface area (Å²) in [6, 6.07) is 1.30. The van der Waals surface area contributed by atoms with Gasteiger partial charge in [0, 0.05) is 18.4 Å². The molecule has 0 aromatic rings. The topological polar surface area (TPSA) is 21.7 Å². The molecule has 0 amide bonds. The smallest absolute Gasteiger partial charge is 0.268 e. The van der Waals surface area contributed by atoms with Gasteiger partial charge in [-0.05, 0) is 53.3 Å². The summed E-state index contributed by atoms with van der Waals surface area (Å²) >= 11 is 0. The van der Waals surface area contributed by atoms with Gasteiger partial charge in [-0.3, -0.25) is 0 Å². The zero-order chi connectivity index (χ0) is 12.2. The number of nitrogens with zero attached hydrogens (tertiary/aromatic N) is 1. The van der Waals surface area contributed by atoms with Crippen LogP contribution in [0.5, 0.6) is 0 Å². The Labute approximate surface area is 104 Å². The Bertz CT molecular complexity index is 221. The minimum absolute atomic E-state index is 0.0372. The fraction of sp³-hybridized carbons (Fsp3) is 1.00. The van der Waals surface area contributed by atoms with Crippen molar-refractivity contribution in [3.05, 3.63) is 0 Å². The first-order chi connectivity index (χ1) is 7.37. The SMILES string of the molecule is CCO[Si]1(C)CCCN1C[SiH2]OC(C)(C)C. The molecule has 0 saturated carbocycles. The van der Waals surface area contributed by atoms with E-state index in [1.807, 2.05) is 0 Å². The molecule has 1 fully saturated rings. The Morgan fingerprint density at radius 2 is 2.06 bits per heavy atom. The van der Waals surface area contributed by atoms with Crippen molar-refractivity contribution >= 4 is 18.2 Å². The lowest BCUT2D eigenvalue weighted by molar-refractivity contribution is 0.134. The minimum Gasteiger partial charge on any atom is -0.418 e. The second-order valence-corrected chi connectivity index (χ2v) is 10.6. The van der Waals surface area contributed by atoms with E-state index in [1.165, 1.54) is 25.2 Å². The molecule has 5 heteroatoms. The monoisotopic (exact) mass is 261 g/mol. The van der Waals surface area contributed by atoms with Gasteiger partial charge in [-0.15, -0.1) is 0 Å². The van der Waals surface area contributed by atoms with Crippen LogP contribution in [0, 0.1) is 0 Å². The first-order valence-electron chi connectivity index (χ1n) is 6.40. The molecule has 3 nitrogen and oxygen atoms in total. The third-order valence-corrected chi connectivity index (χ3v) is 9.31. The highest BCUT2D eigenvalue weighted by Gasteiger charge is 2.40. The summed E-state index contributed by atoms with van der Waals surface area (Å²) in [5.41, 5.74) is 0.0372. The second-order valence-electron chi connectivity index (χ2n) is 5.66. The van der Waals surface area contributed by atoms with Gasteiger partial charge in [0.25, 0.3) is 8.48 Å². The van der Waals surface area contributed by atoms with E-state index in [9.17, 15) is 0 Å². The maximum Gasteiger partial charge on any atom is 0.268 e. The van der Waals surface area contributed by atoms with Crippen molar-refractivity contribution in [1.82, 2.24) is 4.57 Å². The van der Waals surface area contributed by atoms with Gasteiger partial charge in [-0.2, -0.15) is 0 Å². The highest BCUT2D eigenvalue weighted by Crippen LogP contribution is 2.26. The first kappa shape index (κ1) is 14.4. The fourth-order valence-corrected chi connectivity index (χ4v) is 8.30. The molecular formula is C11H27NO2Si2. The van der Waals surface area contributed by atoms with E-state index in [4.69, 9.17) is 8.85 Å². The molecular weight excluding hydrogens is 234 g/mol. The quantitative estimate of drug-likeness (QED) is 0.703. The summed E-state index contributed by atoms with van der Waals surface area (Å²) in [5.74, 6) is 0. The molecule has 0 radical (unpaired) electrons. The molecule has 1 unspecified atom stereocenters. The van der Waals surface area contributed by atoms with E-state index >= 15 is 0 Å². The summed E-state index contributed by atoms with van der Waals surface area (Å²) < 4.78 is 14.5. The summed E-state index contributed by atoms with van der Waals surface area (Å²) in [6.45, 7) is 13.0. The number of hydrogen-bond donors (Lipinski definition) is 0. The molecule has 1 heterocycles. The molecule has 0 aliphatic carbocycles. The van der Waals surface area contributed by atoms with Gasteiger partial charge < -0.3 is 13.4 Å². The van der Waals surface area contributed by atoms with Crippen LogP contribution in [0.1, 0.15) is 34.1 Å². The van der Waals surface area contributed by atoms with Crippen LogP contribution >= 0.6 is 0 Å². The van der Waals surface area contributed by atoms with Crippen LogP contribution in [0.2, 0.25) is 12.6 Å². The molecule has 1 rings (SSSR count). The standard InChI is InChI=1S/C11H27NO2Si2/c1-6-13-16(5)9-7-8-12(16)10-15-14-11(2,3)4/h6-10,15H2,1-5H3. The van der Waals surface area contributed by atoms with Crippen molar-refractivity contribution < 1.29 is 8.85 Å². The summed E-state index contributed by atoms with van der Waals surface area (Å²) in [6.07, 6.45) is 2.48. The van der Waals surface area contributed by atoms with E-state index in [0.29, 0.717) is 0 Å². The predicted molar refractivity (Wildman–Crippen MR) is 73.6 cm³/mol. The van der Waals surface area contributed by atoms with Crippen LogP contribution in [-0.2, 0) is 8.85 Å². The number of hydrogen-bond acceptors (Lipinski definition) is 3. The fourth-order valence-electron chi connectivity index (χ4n) is 2.28. The molecule has 0 spiro atoms. The average molecular weight is 262 g/mol. The molecule has 1 aliphatic heterocycles. The van der Waals surface area contributed by atoms with Crippen LogP contribution in [0.4, 0.5) is 0 Å². The maximum absolute atomic E-state index is 6.02. The minimum atomic E-state index is -1.52. The van der Waals surface area contributed by atoms with Gasteiger partial charge in [0.2, 0.25) is 0 Å². The van der Waals surface area contributed by atoms with Crippen molar-refractivity contribution in [1.29, 1.82) is 0 Å². The van der Waals surface area contributed by atoms with E-state index in [2.05, 4.69) is 38.8 Å². The molecule has 0 aromatic carbocycles. The molecule has 16 heavy (non-hydrogen) atoms. The lowest BCUT2D eigenvalue weighted by Crippen LogP contribution is -2.51. The molecule has 1 aliphatic rings. The zero-order valence-corrected chi connectivity index (χ0v) is 13.9. The maximum atomic E-state index is 6.02. The van der Waals surface area contributed by atoms with E-state index < -0.39 is 18.2 Å². The molecule has 0 bridgehead atoms. The van der Waals surface area contributed by atoms with Crippen LogP contribution in [0.3, 0.4) is 0 Å². The van der Waals surface area contributed by atoms with Gasteiger partial charge in [0.1, 0.15) is 0 Å². The second kappa shape index (κ2) is 5.77. The van der Waals surface area contributed by atoms with Crippen molar-refractivity contribution in [3.8, 4) is 0 Å². The van der Waals surface area contributed by atoms with Gasteiger partial charge in [-0.25, -0.2) is 0 Å². The van der Waals surface area contributed by atoms with Gasteiger partial charge in [0.05, 0.1) is 0 Å². The normalized spacial score (nSPS) is 28.3. The Kier molecular flexibility index (Phi) is 5.19. The van der Waals surface area contributed by atoms with Gasteiger partial charge in [0.15, 0.2) is 9.76 Å².